The molecule has 2 heterocycles. The second-order valence-electron chi connectivity index (χ2n) is 6.13. The number of nitrogens with two attached hydrogens (primary N) is 1. The molecule has 2 aliphatic rings. The minimum atomic E-state index is -0.610. The largest absolute Gasteiger partial charge is 0.396 e. The molecule has 6 nitrogen and oxygen atoms in total. The first-order valence-electron chi connectivity index (χ1n) is 8.06. The average molecular weight is 297 g/mol. The Morgan fingerprint density at radius 3 is 2.52 bits per heavy atom. The second-order valence-corrected chi connectivity index (χ2v) is 6.13. The molecule has 0 spiro atoms. The summed E-state index contributed by atoms with van der Waals surface area (Å²) in [4.78, 5) is 28.0. The number of rotatable bonds is 6. The van der Waals surface area contributed by atoms with E-state index in [1.807, 2.05) is 4.90 Å². The normalized spacial score (nSPS) is 25.3. The molecular weight excluding hydrogens is 270 g/mol. The van der Waals surface area contributed by atoms with Crippen molar-refractivity contribution >= 4 is 11.8 Å². The number of aliphatic hydroxyl groups excluding tert-OH is 1. The van der Waals surface area contributed by atoms with E-state index in [0.29, 0.717) is 6.42 Å². The highest BCUT2D eigenvalue weighted by Gasteiger charge is 2.37. The molecule has 2 saturated heterocycles. The smallest absolute Gasteiger partial charge is 0.235 e. The fraction of sp³-hybridized carbons (Fsp3) is 0.867. The molecule has 0 radical (unpaired) electrons. The first-order valence-corrected chi connectivity index (χ1v) is 8.06. The van der Waals surface area contributed by atoms with E-state index in [4.69, 9.17) is 10.8 Å². The van der Waals surface area contributed by atoms with E-state index < -0.39 is 11.8 Å². The van der Waals surface area contributed by atoms with Gasteiger partial charge in [0.15, 0.2) is 0 Å². The molecule has 2 aliphatic heterocycles. The Morgan fingerprint density at radius 1 is 1.19 bits per heavy atom. The molecule has 2 fully saturated rings. The fourth-order valence-electron chi connectivity index (χ4n) is 3.43. The van der Waals surface area contributed by atoms with Crippen LogP contribution < -0.4 is 5.73 Å². The van der Waals surface area contributed by atoms with Crippen LogP contribution in [0.2, 0.25) is 0 Å². The van der Waals surface area contributed by atoms with Crippen LogP contribution in [0.4, 0.5) is 0 Å². The first kappa shape index (κ1) is 16.2. The van der Waals surface area contributed by atoms with Crippen molar-refractivity contribution < 1.29 is 14.7 Å². The quantitative estimate of drug-likeness (QED) is 0.531. The number of hydrogen-bond donors (Lipinski definition) is 2. The van der Waals surface area contributed by atoms with Crippen molar-refractivity contribution in [3.63, 3.8) is 0 Å². The number of hydrogen-bond acceptors (Lipinski definition) is 4. The van der Waals surface area contributed by atoms with Crippen molar-refractivity contribution in [1.29, 1.82) is 0 Å². The number of carbonyl (C=O) groups excluding carboxylic acids is 2. The van der Waals surface area contributed by atoms with Crippen LogP contribution in [-0.4, -0.2) is 65.5 Å². The van der Waals surface area contributed by atoms with Crippen LogP contribution in [0, 0.1) is 5.92 Å². The van der Waals surface area contributed by atoms with Crippen LogP contribution >= 0.6 is 0 Å². The van der Waals surface area contributed by atoms with Gasteiger partial charge < -0.3 is 20.6 Å². The van der Waals surface area contributed by atoms with Crippen molar-refractivity contribution in [2.45, 2.75) is 44.6 Å². The Labute approximate surface area is 126 Å². The van der Waals surface area contributed by atoms with Crippen molar-refractivity contribution in [2.75, 3.05) is 32.8 Å². The third-order valence-corrected chi connectivity index (χ3v) is 4.70. The van der Waals surface area contributed by atoms with Crippen LogP contribution in [0.3, 0.4) is 0 Å². The van der Waals surface area contributed by atoms with E-state index in [-0.39, 0.29) is 18.6 Å². The molecule has 0 bridgehead atoms. The Balaban J connectivity index is 1.81. The number of likely N-dealkylation sites (tertiary alicyclic amines) is 2. The zero-order chi connectivity index (χ0) is 15.2. The van der Waals surface area contributed by atoms with Crippen LogP contribution in [0.25, 0.3) is 0 Å². The van der Waals surface area contributed by atoms with Gasteiger partial charge in [-0.1, -0.05) is 0 Å². The van der Waals surface area contributed by atoms with E-state index in [1.54, 1.807) is 0 Å². The highest BCUT2D eigenvalue weighted by molar-refractivity contribution is 6.00. The molecule has 0 aliphatic carbocycles. The van der Waals surface area contributed by atoms with E-state index in [9.17, 15) is 9.59 Å². The number of piperidine rings is 2. The molecule has 2 rings (SSSR count). The molecule has 0 aromatic carbocycles. The Morgan fingerprint density at radius 2 is 1.90 bits per heavy atom. The Hall–Kier alpha value is -1.14. The number of nitrogens with zero attached hydrogens (tertiary/aromatic N) is 2. The standard InChI is InChI=1S/C15H27N3O3/c16-14(20)13-4-3-8-18(15(13)21)12-5-9-17(10-6-12)7-1-2-11-19/h12-13,19H,1-11H2,(H2,16,20). The summed E-state index contributed by atoms with van der Waals surface area (Å²) in [5.41, 5.74) is 5.32. The number of carbonyl (C=O) groups is 2. The zero-order valence-electron chi connectivity index (χ0n) is 12.7. The molecule has 120 valence electrons. The van der Waals surface area contributed by atoms with Crippen molar-refractivity contribution in [3.8, 4) is 0 Å². The van der Waals surface area contributed by atoms with Gasteiger partial charge in [0.2, 0.25) is 11.8 Å². The Bertz CT molecular complexity index is 367. The van der Waals surface area contributed by atoms with Gasteiger partial charge in [-0.2, -0.15) is 0 Å². The summed E-state index contributed by atoms with van der Waals surface area (Å²) in [6.45, 7) is 4.01. The molecule has 6 heteroatoms. The molecule has 0 aromatic heterocycles. The summed E-state index contributed by atoms with van der Waals surface area (Å²) in [6.07, 6.45) is 5.28. The maximum absolute atomic E-state index is 12.3. The summed E-state index contributed by atoms with van der Waals surface area (Å²) in [5.74, 6) is -1.15. The number of primary amides is 1. The number of aliphatic hydroxyl groups is 1. The van der Waals surface area contributed by atoms with Crippen molar-refractivity contribution in [2.24, 2.45) is 11.7 Å². The molecule has 2 amide bonds. The summed E-state index contributed by atoms with van der Waals surface area (Å²) >= 11 is 0. The zero-order valence-corrected chi connectivity index (χ0v) is 12.7. The van der Waals surface area contributed by atoms with Crippen LogP contribution in [0.5, 0.6) is 0 Å². The minimum Gasteiger partial charge on any atom is -0.396 e. The van der Waals surface area contributed by atoms with Gasteiger partial charge in [-0.3, -0.25) is 9.59 Å². The van der Waals surface area contributed by atoms with Gasteiger partial charge in [-0.25, -0.2) is 0 Å². The SMILES string of the molecule is NC(=O)C1CCCN(C2CCN(CCCCO)CC2)C1=O. The van der Waals surface area contributed by atoms with E-state index in [1.165, 1.54) is 0 Å². The third-order valence-electron chi connectivity index (χ3n) is 4.70. The Kier molecular flexibility index (Phi) is 5.99. The third kappa shape index (κ3) is 4.17. The summed E-state index contributed by atoms with van der Waals surface area (Å²) < 4.78 is 0. The maximum atomic E-state index is 12.3. The van der Waals surface area contributed by atoms with E-state index in [0.717, 1.165) is 58.3 Å². The predicted octanol–water partition coefficient (Wildman–Crippen LogP) is -0.0528. The number of unbranched alkanes of at least 4 members (excludes halogenated alkanes) is 1. The van der Waals surface area contributed by atoms with E-state index >= 15 is 0 Å². The van der Waals surface area contributed by atoms with Crippen molar-refractivity contribution in [3.05, 3.63) is 0 Å². The predicted molar refractivity (Wildman–Crippen MR) is 79.4 cm³/mol. The van der Waals surface area contributed by atoms with E-state index in [2.05, 4.69) is 4.90 Å². The highest BCUT2D eigenvalue weighted by Crippen LogP contribution is 2.25. The highest BCUT2D eigenvalue weighted by atomic mass is 16.3. The van der Waals surface area contributed by atoms with Gasteiger partial charge in [-0.05, 0) is 45.1 Å². The molecule has 1 unspecified atom stereocenters. The molecular formula is C15H27N3O3. The molecule has 21 heavy (non-hydrogen) atoms. The lowest BCUT2D eigenvalue weighted by molar-refractivity contribution is -0.146. The topological polar surface area (TPSA) is 86.9 Å². The molecule has 1 atom stereocenters. The lowest BCUT2D eigenvalue weighted by atomic mass is 9.92. The molecule has 0 saturated carbocycles. The lowest BCUT2D eigenvalue weighted by Crippen LogP contribution is -2.53. The van der Waals surface area contributed by atoms with Gasteiger partial charge in [-0.15, -0.1) is 0 Å². The fourth-order valence-corrected chi connectivity index (χ4v) is 3.43. The first-order chi connectivity index (χ1) is 10.1. The van der Waals surface area contributed by atoms with Crippen LogP contribution in [0.15, 0.2) is 0 Å². The lowest BCUT2D eigenvalue weighted by Gasteiger charge is -2.41. The second kappa shape index (κ2) is 7.75. The van der Waals surface area contributed by atoms with Gasteiger partial charge >= 0.3 is 0 Å². The van der Waals surface area contributed by atoms with Gasteiger partial charge in [0, 0.05) is 32.3 Å². The molecule has 3 N–H and O–H groups in total. The van der Waals surface area contributed by atoms with Crippen molar-refractivity contribution in [1.82, 2.24) is 9.80 Å². The van der Waals surface area contributed by atoms with Gasteiger partial charge in [0.1, 0.15) is 5.92 Å². The minimum absolute atomic E-state index is 0.0625. The molecule has 0 aromatic rings. The summed E-state index contributed by atoms with van der Waals surface area (Å²) in [5, 5.41) is 8.81. The summed E-state index contributed by atoms with van der Waals surface area (Å²) in [7, 11) is 0. The number of amides is 2. The summed E-state index contributed by atoms with van der Waals surface area (Å²) in [6, 6.07) is 0.258. The van der Waals surface area contributed by atoms with Crippen LogP contribution in [0.1, 0.15) is 38.5 Å². The average Bonchev–Trinajstić information content (AvgIpc) is 2.48. The van der Waals surface area contributed by atoms with Crippen LogP contribution in [-0.2, 0) is 9.59 Å². The van der Waals surface area contributed by atoms with Gasteiger partial charge in [0.25, 0.3) is 0 Å². The maximum Gasteiger partial charge on any atom is 0.235 e. The monoisotopic (exact) mass is 297 g/mol. The van der Waals surface area contributed by atoms with Gasteiger partial charge in [0.05, 0.1) is 0 Å².